The zero-order valence-electron chi connectivity index (χ0n) is 13.1. The Bertz CT molecular complexity index is 734. The zero-order valence-corrected chi connectivity index (χ0v) is 13.1. The molecule has 1 aromatic heterocycles. The molecule has 0 bridgehead atoms. The van der Waals surface area contributed by atoms with Crippen molar-refractivity contribution in [1.82, 2.24) is 5.32 Å². The molecule has 0 radical (unpaired) electrons. The number of amides is 1. The molecule has 1 N–H and O–H groups in total. The molecular weight excluding hydrogens is 312 g/mol. The normalized spacial score (nSPS) is 14.5. The van der Waals surface area contributed by atoms with Gasteiger partial charge < -0.3 is 14.5 Å². The Kier molecular flexibility index (Phi) is 4.79. The lowest BCUT2D eigenvalue weighted by molar-refractivity contribution is -0.386. The van der Waals surface area contributed by atoms with Crippen LogP contribution in [0.5, 0.6) is 5.75 Å². The van der Waals surface area contributed by atoms with Crippen molar-refractivity contribution in [2.45, 2.75) is 38.3 Å². The van der Waals surface area contributed by atoms with E-state index in [1.165, 1.54) is 12.1 Å². The van der Waals surface area contributed by atoms with Crippen molar-refractivity contribution >= 4 is 11.6 Å². The van der Waals surface area contributed by atoms with Crippen molar-refractivity contribution in [2.75, 3.05) is 0 Å². The van der Waals surface area contributed by atoms with Gasteiger partial charge in [-0.3, -0.25) is 14.9 Å². The van der Waals surface area contributed by atoms with Gasteiger partial charge in [0.25, 0.3) is 5.91 Å². The van der Waals surface area contributed by atoms with Crippen molar-refractivity contribution in [2.24, 2.45) is 0 Å². The smallest absolute Gasteiger partial charge is 0.310 e. The van der Waals surface area contributed by atoms with Crippen LogP contribution < -0.4 is 10.1 Å². The summed E-state index contributed by atoms with van der Waals surface area (Å²) in [5.41, 5.74) is -0.108. The minimum absolute atomic E-state index is 0.0154. The van der Waals surface area contributed by atoms with E-state index in [-0.39, 0.29) is 35.8 Å². The number of nitro benzene ring substituents is 1. The minimum atomic E-state index is -0.502. The number of para-hydroxylation sites is 2. The molecule has 1 fully saturated rings. The Morgan fingerprint density at radius 3 is 2.75 bits per heavy atom. The summed E-state index contributed by atoms with van der Waals surface area (Å²) in [6.07, 6.45) is 4.27. The monoisotopic (exact) mass is 330 g/mol. The Morgan fingerprint density at radius 1 is 1.25 bits per heavy atom. The first-order valence-electron chi connectivity index (χ1n) is 7.89. The predicted octanol–water partition coefficient (Wildman–Crippen LogP) is 3.44. The Morgan fingerprint density at radius 2 is 2.00 bits per heavy atom. The molecule has 0 unspecified atom stereocenters. The standard InChI is InChI=1S/C17H18N2O5/c20-17(18-12-5-1-2-6-12)16-10-9-13(24-16)11-23-15-8-4-3-7-14(15)19(21)22/h3-4,7-10,12H,1-2,5-6,11H2,(H,18,20). The molecule has 0 saturated heterocycles. The number of ether oxygens (including phenoxy) is 1. The highest BCUT2D eigenvalue weighted by Gasteiger charge is 2.20. The second kappa shape index (κ2) is 7.16. The van der Waals surface area contributed by atoms with Gasteiger partial charge in [-0.25, -0.2) is 0 Å². The number of carbonyl (C=O) groups is 1. The van der Waals surface area contributed by atoms with Gasteiger partial charge in [0.1, 0.15) is 12.4 Å². The van der Waals surface area contributed by atoms with Crippen molar-refractivity contribution in [3.05, 3.63) is 58.0 Å². The van der Waals surface area contributed by atoms with Gasteiger partial charge in [0, 0.05) is 12.1 Å². The average molecular weight is 330 g/mol. The lowest BCUT2D eigenvalue weighted by Gasteiger charge is -2.10. The molecule has 126 valence electrons. The van der Waals surface area contributed by atoms with Gasteiger partial charge in [0.2, 0.25) is 0 Å². The molecule has 3 rings (SSSR count). The van der Waals surface area contributed by atoms with Gasteiger partial charge in [-0.1, -0.05) is 25.0 Å². The van der Waals surface area contributed by atoms with E-state index in [4.69, 9.17) is 9.15 Å². The predicted molar refractivity (Wildman–Crippen MR) is 85.9 cm³/mol. The van der Waals surface area contributed by atoms with Crippen LogP contribution in [0.3, 0.4) is 0 Å². The summed E-state index contributed by atoms with van der Waals surface area (Å²) in [6, 6.07) is 9.57. The summed E-state index contributed by atoms with van der Waals surface area (Å²) in [5.74, 6) is 0.586. The number of hydrogen-bond donors (Lipinski definition) is 1. The van der Waals surface area contributed by atoms with Gasteiger partial charge >= 0.3 is 5.69 Å². The number of benzene rings is 1. The van der Waals surface area contributed by atoms with Crippen molar-refractivity contribution < 1.29 is 18.9 Å². The van der Waals surface area contributed by atoms with Crippen LogP contribution in [-0.2, 0) is 6.61 Å². The summed E-state index contributed by atoms with van der Waals surface area (Å²) in [5, 5.41) is 13.9. The van der Waals surface area contributed by atoms with E-state index in [1.807, 2.05) is 0 Å². The van der Waals surface area contributed by atoms with Crippen LogP contribution in [0.25, 0.3) is 0 Å². The Hall–Kier alpha value is -2.83. The first-order valence-corrected chi connectivity index (χ1v) is 7.89. The lowest BCUT2D eigenvalue weighted by atomic mass is 10.2. The van der Waals surface area contributed by atoms with Gasteiger partial charge in [-0.15, -0.1) is 0 Å². The van der Waals surface area contributed by atoms with Crippen LogP contribution >= 0.6 is 0 Å². The molecule has 1 aliphatic rings. The van der Waals surface area contributed by atoms with Gasteiger partial charge in [-0.2, -0.15) is 0 Å². The van der Waals surface area contributed by atoms with Crippen LogP contribution in [0.4, 0.5) is 5.69 Å². The zero-order chi connectivity index (χ0) is 16.9. The second-order valence-electron chi connectivity index (χ2n) is 5.73. The summed E-state index contributed by atoms with van der Waals surface area (Å²) >= 11 is 0. The molecule has 1 heterocycles. The van der Waals surface area contributed by atoms with Crippen LogP contribution in [0.1, 0.15) is 42.0 Å². The summed E-state index contributed by atoms with van der Waals surface area (Å²) in [4.78, 5) is 22.5. The largest absolute Gasteiger partial charge is 0.479 e. The molecule has 0 spiro atoms. The number of furan rings is 1. The third-order valence-electron chi connectivity index (χ3n) is 4.01. The van der Waals surface area contributed by atoms with Gasteiger partial charge in [-0.05, 0) is 31.0 Å². The fraction of sp³-hybridized carbons (Fsp3) is 0.353. The molecule has 1 aromatic carbocycles. The molecular formula is C17H18N2O5. The average Bonchev–Trinajstić information content (AvgIpc) is 3.24. The maximum Gasteiger partial charge on any atom is 0.310 e. The van der Waals surface area contributed by atoms with E-state index in [2.05, 4.69) is 5.32 Å². The van der Waals surface area contributed by atoms with Gasteiger partial charge in [0.05, 0.1) is 4.92 Å². The molecule has 2 aromatic rings. The molecule has 7 heteroatoms. The SMILES string of the molecule is O=C(NC1CCCC1)c1ccc(COc2ccccc2[N+](=O)[O-])o1. The maximum absolute atomic E-state index is 12.1. The number of rotatable bonds is 6. The fourth-order valence-electron chi connectivity index (χ4n) is 2.78. The first kappa shape index (κ1) is 16.0. The molecule has 1 aliphatic carbocycles. The summed E-state index contributed by atoms with van der Waals surface area (Å²) < 4.78 is 10.9. The van der Waals surface area contributed by atoms with Crippen molar-refractivity contribution in [3.63, 3.8) is 0 Å². The van der Waals surface area contributed by atoms with Crippen LogP contribution in [0.15, 0.2) is 40.8 Å². The van der Waals surface area contributed by atoms with Crippen LogP contribution in [0, 0.1) is 10.1 Å². The third kappa shape index (κ3) is 3.73. The maximum atomic E-state index is 12.1. The highest BCUT2D eigenvalue weighted by Crippen LogP contribution is 2.27. The number of nitro groups is 1. The number of nitrogens with zero attached hydrogens (tertiary/aromatic N) is 1. The summed E-state index contributed by atoms with van der Waals surface area (Å²) in [6.45, 7) is 0.0154. The quantitative estimate of drug-likeness (QED) is 0.646. The summed E-state index contributed by atoms with van der Waals surface area (Å²) in [7, 11) is 0. The van der Waals surface area contributed by atoms with Gasteiger partial charge in [0.15, 0.2) is 11.5 Å². The first-order chi connectivity index (χ1) is 11.6. The number of hydrogen-bond acceptors (Lipinski definition) is 5. The molecule has 1 amide bonds. The minimum Gasteiger partial charge on any atom is -0.479 e. The molecule has 24 heavy (non-hydrogen) atoms. The van der Waals surface area contributed by atoms with E-state index < -0.39 is 4.92 Å². The second-order valence-corrected chi connectivity index (χ2v) is 5.73. The third-order valence-corrected chi connectivity index (χ3v) is 4.01. The van der Waals surface area contributed by atoms with Crippen molar-refractivity contribution in [3.8, 4) is 5.75 Å². The highest BCUT2D eigenvalue weighted by molar-refractivity contribution is 5.91. The lowest BCUT2D eigenvalue weighted by Crippen LogP contribution is -2.32. The Balaban J connectivity index is 1.60. The van der Waals surface area contributed by atoms with E-state index in [1.54, 1.807) is 24.3 Å². The molecule has 0 aliphatic heterocycles. The number of nitrogens with one attached hydrogen (secondary N) is 1. The van der Waals surface area contributed by atoms with Crippen LogP contribution in [-0.4, -0.2) is 16.9 Å². The molecule has 7 nitrogen and oxygen atoms in total. The Labute approximate surface area is 138 Å². The highest BCUT2D eigenvalue weighted by atomic mass is 16.6. The molecule has 0 atom stereocenters. The van der Waals surface area contributed by atoms with E-state index in [0.717, 1.165) is 25.7 Å². The molecule has 1 saturated carbocycles. The van der Waals surface area contributed by atoms with E-state index >= 15 is 0 Å². The van der Waals surface area contributed by atoms with E-state index in [9.17, 15) is 14.9 Å². The van der Waals surface area contributed by atoms with E-state index in [0.29, 0.717) is 5.76 Å². The fourth-order valence-corrected chi connectivity index (χ4v) is 2.78. The topological polar surface area (TPSA) is 94.6 Å². The number of carbonyl (C=O) groups excluding carboxylic acids is 1. The van der Waals surface area contributed by atoms with Crippen molar-refractivity contribution in [1.29, 1.82) is 0 Å². The van der Waals surface area contributed by atoms with Crippen LogP contribution in [0.2, 0.25) is 0 Å².